The van der Waals surface area contributed by atoms with Crippen LogP contribution in [0.4, 0.5) is 13.2 Å². The molecule has 2 N–H and O–H groups in total. The highest BCUT2D eigenvalue weighted by Gasteiger charge is 2.66. The monoisotopic (exact) mass is 170 g/mol. The van der Waals surface area contributed by atoms with Crippen molar-refractivity contribution in [2.45, 2.75) is 18.1 Å². The quantitative estimate of drug-likeness (QED) is 0.563. The van der Waals surface area contributed by atoms with Crippen LogP contribution in [-0.4, -0.2) is 35.6 Å². The first kappa shape index (κ1) is 8.83. The van der Waals surface area contributed by atoms with E-state index in [1.54, 1.807) is 0 Å². The molecule has 1 rings (SSSR count). The topological polar surface area (TPSA) is 49.7 Å². The van der Waals surface area contributed by atoms with Crippen molar-refractivity contribution in [3.05, 3.63) is 0 Å². The zero-order chi connectivity index (χ0) is 8.70. The Balaban J connectivity index is 2.55. The molecule has 0 spiro atoms. The minimum atomic E-state index is -3.88. The van der Waals surface area contributed by atoms with Crippen molar-refractivity contribution >= 4 is 7.12 Å². The smallest absolute Gasteiger partial charge is 0.427 e. The third-order valence-corrected chi connectivity index (χ3v) is 1.51. The zero-order valence-corrected chi connectivity index (χ0v) is 5.43. The molecule has 1 fully saturated rings. The van der Waals surface area contributed by atoms with Gasteiger partial charge in [-0.25, -0.2) is 4.39 Å². The van der Waals surface area contributed by atoms with Gasteiger partial charge in [0.05, 0.1) is 6.61 Å². The van der Waals surface area contributed by atoms with Crippen LogP contribution < -0.4 is 0 Å². The second-order valence-corrected chi connectivity index (χ2v) is 2.46. The second-order valence-electron chi connectivity index (χ2n) is 2.46. The van der Waals surface area contributed by atoms with E-state index in [0.29, 0.717) is 0 Å². The summed E-state index contributed by atoms with van der Waals surface area (Å²) >= 11 is 0. The molecule has 0 aliphatic carbocycles. The minimum absolute atomic E-state index is 0.794. The van der Waals surface area contributed by atoms with Gasteiger partial charge in [-0.1, -0.05) is 0 Å². The number of halogens is 3. The Morgan fingerprint density at radius 3 is 2.00 bits per heavy atom. The summed E-state index contributed by atoms with van der Waals surface area (Å²) in [5.74, 6) is 0. The number of hydrogen-bond donors (Lipinski definition) is 2. The molecule has 1 heterocycles. The summed E-state index contributed by atoms with van der Waals surface area (Å²) in [7, 11) is -2.07. The molecule has 0 bridgehead atoms. The Morgan fingerprint density at radius 2 is 1.91 bits per heavy atom. The van der Waals surface area contributed by atoms with Gasteiger partial charge in [-0.15, -0.1) is 0 Å². The van der Waals surface area contributed by atoms with Crippen molar-refractivity contribution in [3.8, 4) is 0 Å². The molecule has 0 saturated carbocycles. The van der Waals surface area contributed by atoms with Crippen molar-refractivity contribution in [2.24, 2.45) is 0 Å². The molecule has 1 unspecified atom stereocenters. The molecule has 0 radical (unpaired) electrons. The summed E-state index contributed by atoms with van der Waals surface area (Å²) < 4.78 is 40.6. The molecule has 1 atom stereocenters. The van der Waals surface area contributed by atoms with Gasteiger partial charge < -0.3 is 14.8 Å². The predicted octanol–water partition coefficient (Wildman–Crippen LogP) is -0.209. The van der Waals surface area contributed by atoms with E-state index in [9.17, 15) is 13.2 Å². The lowest BCUT2D eigenvalue weighted by Gasteiger charge is -2.41. The lowest BCUT2D eigenvalue weighted by Crippen LogP contribution is -2.61. The third kappa shape index (κ3) is 1.35. The molecular formula is C4H6BF3O3. The van der Waals surface area contributed by atoms with Crippen molar-refractivity contribution in [1.82, 2.24) is 0 Å². The van der Waals surface area contributed by atoms with Gasteiger partial charge in [0, 0.05) is 6.32 Å². The second kappa shape index (κ2) is 2.36. The zero-order valence-electron chi connectivity index (χ0n) is 5.43. The van der Waals surface area contributed by atoms with E-state index in [2.05, 4.69) is 4.74 Å². The SMILES string of the molecule is OB(O)CC1(F)COC1(F)F. The maximum absolute atomic E-state index is 12.7. The number of rotatable bonds is 2. The van der Waals surface area contributed by atoms with Gasteiger partial charge in [-0.3, -0.25) is 0 Å². The molecule has 0 aromatic carbocycles. The largest absolute Gasteiger partial charge is 0.455 e. The molecule has 0 amide bonds. The first-order valence-corrected chi connectivity index (χ1v) is 2.94. The van der Waals surface area contributed by atoms with E-state index in [4.69, 9.17) is 10.0 Å². The van der Waals surface area contributed by atoms with Crippen LogP contribution in [0.1, 0.15) is 0 Å². The van der Waals surface area contributed by atoms with Crippen molar-refractivity contribution in [3.63, 3.8) is 0 Å². The molecular weight excluding hydrogens is 164 g/mol. The van der Waals surface area contributed by atoms with E-state index in [-0.39, 0.29) is 0 Å². The molecule has 3 nitrogen and oxygen atoms in total. The summed E-state index contributed by atoms with van der Waals surface area (Å²) in [4.78, 5) is 0. The number of ether oxygens (including phenoxy) is 1. The van der Waals surface area contributed by atoms with Gasteiger partial charge in [0.25, 0.3) is 0 Å². The average Bonchev–Trinajstić information content (AvgIpc) is 1.84. The Labute approximate surface area is 60.9 Å². The van der Waals surface area contributed by atoms with Crippen LogP contribution in [0.5, 0.6) is 0 Å². The molecule has 1 aliphatic rings. The average molecular weight is 170 g/mol. The van der Waals surface area contributed by atoms with Crippen LogP contribution >= 0.6 is 0 Å². The molecule has 1 aliphatic heterocycles. The van der Waals surface area contributed by atoms with E-state index < -0.39 is 31.8 Å². The number of hydrogen-bond acceptors (Lipinski definition) is 3. The summed E-state index contributed by atoms with van der Waals surface area (Å²) in [5.41, 5.74) is -2.92. The molecule has 0 aromatic rings. The summed E-state index contributed by atoms with van der Waals surface area (Å²) in [6.45, 7) is -0.794. The van der Waals surface area contributed by atoms with Gasteiger partial charge in [0.15, 0.2) is 0 Å². The Bertz CT molecular complexity index is 165. The lowest BCUT2D eigenvalue weighted by molar-refractivity contribution is -0.397. The fourth-order valence-electron chi connectivity index (χ4n) is 0.805. The van der Waals surface area contributed by atoms with Crippen LogP contribution in [-0.2, 0) is 4.74 Å². The Morgan fingerprint density at radius 1 is 1.36 bits per heavy atom. The number of alkyl halides is 3. The summed E-state index contributed by atoms with van der Waals surface area (Å²) in [6.07, 6.45) is -4.91. The fraction of sp³-hybridized carbons (Fsp3) is 1.00. The summed E-state index contributed by atoms with van der Waals surface area (Å²) in [6, 6.07) is 0. The first-order valence-electron chi connectivity index (χ1n) is 2.94. The van der Waals surface area contributed by atoms with Crippen LogP contribution in [0.25, 0.3) is 0 Å². The van der Waals surface area contributed by atoms with Crippen LogP contribution in [0.2, 0.25) is 6.32 Å². The van der Waals surface area contributed by atoms with Crippen molar-refractivity contribution in [1.29, 1.82) is 0 Å². The van der Waals surface area contributed by atoms with Crippen molar-refractivity contribution in [2.75, 3.05) is 6.61 Å². The van der Waals surface area contributed by atoms with Crippen molar-refractivity contribution < 1.29 is 28.0 Å². The van der Waals surface area contributed by atoms with Gasteiger partial charge >= 0.3 is 13.2 Å². The van der Waals surface area contributed by atoms with Gasteiger partial charge in [0.1, 0.15) is 0 Å². The summed E-state index contributed by atoms with van der Waals surface area (Å²) in [5, 5.41) is 16.4. The van der Waals surface area contributed by atoms with Crippen LogP contribution in [0, 0.1) is 0 Å². The lowest BCUT2D eigenvalue weighted by atomic mass is 9.74. The first-order chi connectivity index (χ1) is 4.87. The van der Waals surface area contributed by atoms with E-state index in [1.807, 2.05) is 0 Å². The molecule has 1 saturated heterocycles. The minimum Gasteiger partial charge on any atom is -0.427 e. The molecule has 64 valence electrons. The molecule has 11 heavy (non-hydrogen) atoms. The van der Waals surface area contributed by atoms with Gasteiger partial charge in [-0.2, -0.15) is 8.78 Å². The van der Waals surface area contributed by atoms with E-state index >= 15 is 0 Å². The van der Waals surface area contributed by atoms with Crippen LogP contribution in [0.3, 0.4) is 0 Å². The normalized spacial score (nSPS) is 34.6. The maximum atomic E-state index is 12.7. The van der Waals surface area contributed by atoms with E-state index in [0.717, 1.165) is 0 Å². The van der Waals surface area contributed by atoms with Crippen LogP contribution in [0.15, 0.2) is 0 Å². The molecule has 7 heteroatoms. The van der Waals surface area contributed by atoms with Gasteiger partial charge in [-0.05, 0) is 0 Å². The van der Waals surface area contributed by atoms with Gasteiger partial charge in [0.2, 0.25) is 5.67 Å². The standard InChI is InChI=1S/C4H6BF3O3/c6-3(1-5(9)10)2-11-4(3,7)8/h9-10H,1-2H2. The highest BCUT2D eigenvalue weighted by molar-refractivity contribution is 6.41. The molecule has 0 aromatic heterocycles. The Kier molecular flexibility index (Phi) is 1.90. The third-order valence-electron chi connectivity index (χ3n) is 1.51. The fourth-order valence-corrected chi connectivity index (χ4v) is 0.805. The Hall–Kier alpha value is -0.265. The van der Waals surface area contributed by atoms with E-state index in [1.165, 1.54) is 0 Å². The predicted molar refractivity (Wildman–Crippen MR) is 29.7 cm³/mol. The maximum Gasteiger partial charge on any atom is 0.455 e. The highest BCUT2D eigenvalue weighted by atomic mass is 19.3. The highest BCUT2D eigenvalue weighted by Crippen LogP contribution is 2.45.